The number of rotatable bonds is 6. The minimum absolute atomic E-state index is 0.166. The zero-order chi connectivity index (χ0) is 23.0. The molecule has 172 valence electrons. The minimum Gasteiger partial charge on any atom is -0.452 e. The highest BCUT2D eigenvalue weighted by Crippen LogP contribution is 2.38. The third kappa shape index (κ3) is 4.55. The van der Waals surface area contributed by atoms with Gasteiger partial charge in [0.2, 0.25) is 10.0 Å². The van der Waals surface area contributed by atoms with Gasteiger partial charge in [-0.25, -0.2) is 13.2 Å². The van der Waals surface area contributed by atoms with Crippen molar-refractivity contribution >= 4 is 33.5 Å². The van der Waals surface area contributed by atoms with Crippen LogP contribution >= 0.6 is 11.6 Å². The number of ether oxygens (including phenoxy) is 1. The molecule has 1 aliphatic carbocycles. The average molecular weight is 480 g/mol. The van der Waals surface area contributed by atoms with Crippen LogP contribution in [-0.4, -0.2) is 66.9 Å². The van der Waals surface area contributed by atoms with E-state index in [1.807, 2.05) is 13.8 Å². The molecule has 2 heterocycles. The van der Waals surface area contributed by atoms with Crippen molar-refractivity contribution < 1.29 is 22.7 Å². The number of benzene rings is 1. The van der Waals surface area contributed by atoms with E-state index in [1.165, 1.54) is 33.5 Å². The van der Waals surface area contributed by atoms with Gasteiger partial charge in [0.15, 0.2) is 6.61 Å². The molecule has 1 aliphatic heterocycles. The largest absolute Gasteiger partial charge is 0.452 e. The number of carbonyl (C=O) groups excluding carboxylic acids is 2. The first-order valence-electron chi connectivity index (χ1n) is 10.6. The van der Waals surface area contributed by atoms with E-state index >= 15 is 0 Å². The fourth-order valence-electron chi connectivity index (χ4n) is 4.11. The molecule has 0 unspecified atom stereocenters. The number of halogens is 1. The normalized spacial score (nSPS) is 17.4. The molecule has 1 aromatic heterocycles. The van der Waals surface area contributed by atoms with Gasteiger partial charge >= 0.3 is 5.97 Å². The maximum atomic E-state index is 12.8. The summed E-state index contributed by atoms with van der Waals surface area (Å²) in [7, 11) is -3.65. The number of esters is 1. The zero-order valence-electron chi connectivity index (χ0n) is 18.1. The summed E-state index contributed by atoms with van der Waals surface area (Å²) in [4.78, 5) is 26.7. The molecule has 8 nitrogen and oxygen atoms in total. The van der Waals surface area contributed by atoms with Crippen LogP contribution in [0, 0.1) is 13.8 Å². The van der Waals surface area contributed by atoms with Gasteiger partial charge in [-0.2, -0.15) is 4.31 Å². The Morgan fingerprint density at radius 3 is 2.28 bits per heavy atom. The summed E-state index contributed by atoms with van der Waals surface area (Å²) in [5.41, 5.74) is 2.37. The van der Waals surface area contributed by atoms with E-state index in [1.54, 1.807) is 6.07 Å². The molecule has 10 heteroatoms. The van der Waals surface area contributed by atoms with Crippen LogP contribution in [0.1, 0.15) is 40.6 Å². The summed E-state index contributed by atoms with van der Waals surface area (Å²) in [5, 5.41) is 0.461. The number of nitrogens with zero attached hydrogens (tertiary/aromatic N) is 3. The lowest BCUT2D eigenvalue weighted by Gasteiger charge is -2.33. The second-order valence-electron chi connectivity index (χ2n) is 8.20. The van der Waals surface area contributed by atoms with Crippen LogP contribution in [0.3, 0.4) is 0 Å². The Morgan fingerprint density at radius 1 is 1.06 bits per heavy atom. The Balaban J connectivity index is 1.31. The predicted molar refractivity (Wildman–Crippen MR) is 119 cm³/mol. The molecule has 1 saturated carbocycles. The lowest BCUT2D eigenvalue weighted by molar-refractivity contribution is -0.135. The summed E-state index contributed by atoms with van der Waals surface area (Å²) < 4.78 is 34.3. The third-order valence-corrected chi connectivity index (χ3v) is 8.15. The third-order valence-electron chi connectivity index (χ3n) is 5.99. The van der Waals surface area contributed by atoms with Gasteiger partial charge in [-0.05, 0) is 57.0 Å². The molecular weight excluding hydrogens is 454 g/mol. The SMILES string of the molecule is Cc1cc(C(=O)OCC(=O)N2CCN(S(=O)(=O)c3ccc(Cl)cc3)CC2)c(C)n1C1CC1. The zero-order valence-corrected chi connectivity index (χ0v) is 19.7. The monoisotopic (exact) mass is 479 g/mol. The molecule has 0 atom stereocenters. The molecule has 2 aromatic rings. The van der Waals surface area contributed by atoms with Crippen molar-refractivity contribution in [1.82, 2.24) is 13.8 Å². The Hall–Kier alpha value is -2.36. The molecule has 0 radical (unpaired) electrons. The molecule has 4 rings (SSSR count). The maximum absolute atomic E-state index is 12.8. The van der Waals surface area contributed by atoms with E-state index in [-0.39, 0.29) is 43.6 Å². The molecule has 2 fully saturated rings. The number of carbonyl (C=O) groups is 2. The van der Waals surface area contributed by atoms with Crippen molar-refractivity contribution in [2.75, 3.05) is 32.8 Å². The topological polar surface area (TPSA) is 88.9 Å². The standard InChI is InChI=1S/C22H26ClN3O5S/c1-15-13-20(16(2)26(15)18-5-6-18)22(28)31-14-21(27)24-9-11-25(12-10-24)32(29,30)19-7-3-17(23)4-8-19/h3-4,7-8,13,18H,5-6,9-12,14H2,1-2H3. The molecule has 1 aromatic carbocycles. The second-order valence-corrected chi connectivity index (χ2v) is 10.6. The smallest absolute Gasteiger partial charge is 0.340 e. The summed E-state index contributed by atoms with van der Waals surface area (Å²) in [6.07, 6.45) is 2.23. The fourth-order valence-corrected chi connectivity index (χ4v) is 5.66. The van der Waals surface area contributed by atoms with Crippen molar-refractivity contribution in [3.63, 3.8) is 0 Å². The number of sulfonamides is 1. The predicted octanol–water partition coefficient (Wildman–Crippen LogP) is 2.78. The molecule has 32 heavy (non-hydrogen) atoms. The molecule has 2 aliphatic rings. The second kappa shape index (κ2) is 8.88. The molecule has 0 spiro atoms. The van der Waals surface area contributed by atoms with Crippen LogP contribution in [0.25, 0.3) is 0 Å². The number of piperazine rings is 1. The van der Waals surface area contributed by atoms with Crippen LogP contribution in [0.15, 0.2) is 35.2 Å². The highest BCUT2D eigenvalue weighted by atomic mass is 35.5. The van der Waals surface area contributed by atoms with Crippen LogP contribution in [-0.2, 0) is 19.6 Å². The van der Waals surface area contributed by atoms with Gasteiger partial charge in [0.1, 0.15) is 0 Å². The number of aryl methyl sites for hydroxylation is 1. The summed E-state index contributed by atoms with van der Waals surface area (Å²) in [6, 6.07) is 8.26. The van der Waals surface area contributed by atoms with Crippen molar-refractivity contribution in [2.24, 2.45) is 0 Å². The van der Waals surface area contributed by atoms with E-state index in [0.29, 0.717) is 16.6 Å². The highest BCUT2D eigenvalue weighted by molar-refractivity contribution is 7.89. The number of hydrogen-bond acceptors (Lipinski definition) is 5. The first-order chi connectivity index (χ1) is 15.2. The number of aromatic nitrogens is 1. The summed E-state index contributed by atoms with van der Waals surface area (Å²) in [5.74, 6) is -0.847. The molecule has 0 N–H and O–H groups in total. The lowest BCUT2D eigenvalue weighted by Crippen LogP contribution is -2.51. The van der Waals surface area contributed by atoms with Gasteiger partial charge in [-0.1, -0.05) is 11.6 Å². The maximum Gasteiger partial charge on any atom is 0.340 e. The molecular formula is C22H26ClN3O5S. The lowest BCUT2D eigenvalue weighted by atomic mass is 10.2. The van der Waals surface area contributed by atoms with Crippen LogP contribution in [0.5, 0.6) is 0 Å². The van der Waals surface area contributed by atoms with E-state index in [2.05, 4.69) is 4.57 Å². The van der Waals surface area contributed by atoms with Gasteiger partial charge in [0, 0.05) is 48.6 Å². The van der Waals surface area contributed by atoms with E-state index in [9.17, 15) is 18.0 Å². The van der Waals surface area contributed by atoms with Crippen molar-refractivity contribution in [3.05, 3.63) is 52.3 Å². The van der Waals surface area contributed by atoms with Crippen LogP contribution < -0.4 is 0 Å². The van der Waals surface area contributed by atoms with Gasteiger partial charge in [-0.3, -0.25) is 4.79 Å². The van der Waals surface area contributed by atoms with Gasteiger partial charge in [0.05, 0.1) is 10.5 Å². The molecule has 0 bridgehead atoms. The van der Waals surface area contributed by atoms with Crippen molar-refractivity contribution in [1.29, 1.82) is 0 Å². The minimum atomic E-state index is -3.65. The fraction of sp³-hybridized carbons (Fsp3) is 0.455. The van der Waals surface area contributed by atoms with E-state index in [0.717, 1.165) is 24.2 Å². The van der Waals surface area contributed by atoms with Crippen LogP contribution in [0.2, 0.25) is 5.02 Å². The first-order valence-corrected chi connectivity index (χ1v) is 12.4. The average Bonchev–Trinajstić information content (AvgIpc) is 3.56. The van der Waals surface area contributed by atoms with E-state index in [4.69, 9.17) is 16.3 Å². The molecule has 1 saturated heterocycles. The van der Waals surface area contributed by atoms with Crippen molar-refractivity contribution in [2.45, 2.75) is 37.6 Å². The number of amides is 1. The van der Waals surface area contributed by atoms with Gasteiger partial charge in [0.25, 0.3) is 5.91 Å². The van der Waals surface area contributed by atoms with E-state index < -0.39 is 16.0 Å². The van der Waals surface area contributed by atoms with Crippen LogP contribution in [0.4, 0.5) is 0 Å². The van der Waals surface area contributed by atoms with Crippen molar-refractivity contribution in [3.8, 4) is 0 Å². The first kappa shape index (κ1) is 22.8. The summed E-state index contributed by atoms with van der Waals surface area (Å²) in [6.45, 7) is 4.31. The Morgan fingerprint density at radius 2 is 1.69 bits per heavy atom. The molecule has 1 amide bonds. The Labute approximate surface area is 192 Å². The Bertz CT molecular complexity index is 1130. The quantitative estimate of drug-likeness (QED) is 0.594. The Kier molecular flexibility index (Phi) is 6.33. The highest BCUT2D eigenvalue weighted by Gasteiger charge is 2.31. The number of hydrogen-bond donors (Lipinski definition) is 0. The van der Waals surface area contributed by atoms with Gasteiger partial charge < -0.3 is 14.2 Å². The summed E-state index contributed by atoms with van der Waals surface area (Å²) >= 11 is 5.84. The van der Waals surface area contributed by atoms with Gasteiger partial charge in [-0.15, -0.1) is 0 Å².